The largest absolute Gasteiger partial charge is 0.506 e. The zero-order valence-electron chi connectivity index (χ0n) is 9.32. The third-order valence-electron chi connectivity index (χ3n) is 2.29. The molecule has 0 aliphatic heterocycles. The maximum absolute atomic E-state index is 12.0. The Labute approximate surface area is 123 Å². The minimum atomic E-state index is -0.574. The van der Waals surface area contributed by atoms with Crippen LogP contribution in [0.2, 0.25) is 15.1 Å². The summed E-state index contributed by atoms with van der Waals surface area (Å²) in [4.78, 5) is 15.8. The Bertz CT molecular complexity index is 647. The predicted molar refractivity (Wildman–Crippen MR) is 75.3 cm³/mol. The molecule has 98 valence electrons. The van der Waals surface area contributed by atoms with Crippen molar-refractivity contribution in [3.8, 4) is 5.75 Å². The minimum absolute atomic E-state index is 0.00141. The van der Waals surface area contributed by atoms with Gasteiger partial charge in [0.25, 0.3) is 5.91 Å². The maximum atomic E-state index is 12.0. The maximum Gasteiger partial charge on any atom is 0.259 e. The van der Waals surface area contributed by atoms with E-state index in [1.807, 2.05) is 0 Å². The third kappa shape index (κ3) is 3.10. The Kier molecular flexibility index (Phi) is 4.14. The molecule has 1 aromatic carbocycles. The summed E-state index contributed by atoms with van der Waals surface area (Å²) < 4.78 is 0. The van der Waals surface area contributed by atoms with Crippen LogP contribution in [0.25, 0.3) is 0 Å². The highest BCUT2D eigenvalue weighted by molar-refractivity contribution is 6.37. The molecule has 0 spiro atoms. The van der Waals surface area contributed by atoms with Gasteiger partial charge in [0.2, 0.25) is 0 Å². The van der Waals surface area contributed by atoms with Gasteiger partial charge in [-0.1, -0.05) is 34.8 Å². The second-order valence-electron chi connectivity index (χ2n) is 3.59. The van der Waals surface area contributed by atoms with Gasteiger partial charge in [-0.25, -0.2) is 0 Å². The number of pyridine rings is 1. The molecular weight excluding hydrogens is 311 g/mol. The highest BCUT2D eigenvalue weighted by atomic mass is 35.5. The van der Waals surface area contributed by atoms with Crippen molar-refractivity contribution in [3.63, 3.8) is 0 Å². The highest BCUT2D eigenvalue weighted by Crippen LogP contribution is 2.32. The third-order valence-corrected chi connectivity index (χ3v) is 3.10. The summed E-state index contributed by atoms with van der Waals surface area (Å²) in [6.07, 6.45) is 2.87. The Balaban J connectivity index is 2.33. The first-order chi connectivity index (χ1) is 8.99. The number of halogens is 3. The van der Waals surface area contributed by atoms with Crippen LogP contribution in [-0.2, 0) is 0 Å². The first-order valence-corrected chi connectivity index (χ1v) is 6.21. The monoisotopic (exact) mass is 316 g/mol. The molecule has 4 nitrogen and oxygen atoms in total. The van der Waals surface area contributed by atoms with Crippen LogP contribution in [-0.4, -0.2) is 16.0 Å². The molecule has 2 rings (SSSR count). The highest BCUT2D eigenvalue weighted by Gasteiger charge is 2.16. The molecule has 1 heterocycles. The average Bonchev–Trinajstić information content (AvgIpc) is 2.36. The van der Waals surface area contributed by atoms with E-state index in [9.17, 15) is 9.90 Å². The smallest absolute Gasteiger partial charge is 0.259 e. The molecule has 0 radical (unpaired) electrons. The lowest BCUT2D eigenvalue weighted by atomic mass is 10.2. The van der Waals surface area contributed by atoms with Crippen molar-refractivity contribution in [2.24, 2.45) is 0 Å². The zero-order valence-corrected chi connectivity index (χ0v) is 11.6. The number of aromatic hydroxyl groups is 1. The van der Waals surface area contributed by atoms with Gasteiger partial charge in [-0.2, -0.15) is 0 Å². The topological polar surface area (TPSA) is 62.2 Å². The number of phenolic OH excluding ortho intramolecular Hbond substituents is 1. The Morgan fingerprint density at radius 3 is 2.63 bits per heavy atom. The lowest BCUT2D eigenvalue weighted by molar-refractivity contribution is 0.102. The van der Waals surface area contributed by atoms with Crippen LogP contribution in [0.5, 0.6) is 5.75 Å². The molecule has 0 aliphatic carbocycles. The second-order valence-corrected chi connectivity index (χ2v) is 4.84. The number of anilines is 1. The van der Waals surface area contributed by atoms with Gasteiger partial charge in [-0.3, -0.25) is 9.78 Å². The number of aromatic nitrogens is 1. The van der Waals surface area contributed by atoms with Crippen molar-refractivity contribution in [3.05, 3.63) is 51.2 Å². The van der Waals surface area contributed by atoms with E-state index < -0.39 is 5.91 Å². The van der Waals surface area contributed by atoms with Gasteiger partial charge in [0, 0.05) is 17.4 Å². The molecule has 7 heteroatoms. The van der Waals surface area contributed by atoms with E-state index >= 15 is 0 Å². The summed E-state index contributed by atoms with van der Waals surface area (Å²) >= 11 is 17.4. The number of amides is 1. The molecule has 2 N–H and O–H groups in total. The van der Waals surface area contributed by atoms with Gasteiger partial charge < -0.3 is 10.4 Å². The molecule has 1 aromatic heterocycles. The molecule has 0 unspecified atom stereocenters. The number of rotatable bonds is 2. The van der Waals surface area contributed by atoms with Gasteiger partial charge in [0.15, 0.2) is 0 Å². The average molecular weight is 318 g/mol. The van der Waals surface area contributed by atoms with Crippen LogP contribution in [0.1, 0.15) is 10.4 Å². The van der Waals surface area contributed by atoms with Crippen molar-refractivity contribution >= 4 is 46.4 Å². The van der Waals surface area contributed by atoms with Gasteiger partial charge in [0.1, 0.15) is 5.75 Å². The van der Waals surface area contributed by atoms with Crippen LogP contribution in [0.3, 0.4) is 0 Å². The SMILES string of the molecule is O=C(Nc1ccncc1Cl)c1cc(Cl)cc(Cl)c1O. The van der Waals surface area contributed by atoms with Crippen LogP contribution in [0, 0.1) is 0 Å². The Morgan fingerprint density at radius 2 is 1.95 bits per heavy atom. The fourth-order valence-electron chi connectivity index (χ4n) is 1.41. The van der Waals surface area contributed by atoms with Crippen molar-refractivity contribution < 1.29 is 9.90 Å². The van der Waals surface area contributed by atoms with E-state index in [4.69, 9.17) is 34.8 Å². The standard InChI is InChI=1S/C12H7Cl3N2O2/c13-6-3-7(11(18)8(14)4-6)12(19)17-10-1-2-16-5-9(10)15/h1-5,18H,(H,16,17,19). The normalized spacial score (nSPS) is 10.3. The quantitative estimate of drug-likeness (QED) is 0.880. The number of benzene rings is 1. The minimum Gasteiger partial charge on any atom is -0.506 e. The fraction of sp³-hybridized carbons (Fsp3) is 0. The molecule has 2 aromatic rings. The molecule has 1 amide bonds. The number of nitrogens with one attached hydrogen (secondary N) is 1. The van der Waals surface area contributed by atoms with E-state index in [1.54, 1.807) is 0 Å². The van der Waals surface area contributed by atoms with E-state index in [1.165, 1.54) is 30.6 Å². The van der Waals surface area contributed by atoms with Crippen LogP contribution >= 0.6 is 34.8 Å². The molecular formula is C12H7Cl3N2O2. The molecule has 0 saturated carbocycles. The van der Waals surface area contributed by atoms with E-state index in [-0.39, 0.29) is 26.4 Å². The summed E-state index contributed by atoms with van der Waals surface area (Å²) in [5, 5.41) is 12.8. The number of hydrogen-bond donors (Lipinski definition) is 2. The van der Waals surface area contributed by atoms with Gasteiger partial charge in [-0.15, -0.1) is 0 Å². The lowest BCUT2D eigenvalue weighted by Crippen LogP contribution is -2.12. The summed E-state index contributed by atoms with van der Waals surface area (Å²) in [6, 6.07) is 4.19. The molecule has 0 atom stereocenters. The number of nitrogens with zero attached hydrogens (tertiary/aromatic N) is 1. The summed E-state index contributed by atoms with van der Waals surface area (Å²) in [5.74, 6) is -0.913. The number of phenols is 1. The Morgan fingerprint density at radius 1 is 1.21 bits per heavy atom. The van der Waals surface area contributed by atoms with Crippen LogP contribution in [0.15, 0.2) is 30.6 Å². The van der Waals surface area contributed by atoms with Crippen molar-refractivity contribution in [1.82, 2.24) is 4.98 Å². The molecule has 0 fully saturated rings. The molecule has 0 aliphatic rings. The van der Waals surface area contributed by atoms with Gasteiger partial charge >= 0.3 is 0 Å². The number of hydrogen-bond acceptors (Lipinski definition) is 3. The molecule has 0 bridgehead atoms. The van der Waals surface area contributed by atoms with E-state index in [2.05, 4.69) is 10.3 Å². The summed E-state index contributed by atoms with van der Waals surface area (Å²) in [6.45, 7) is 0. The fourth-order valence-corrected chi connectivity index (χ4v) is 2.07. The Hall–Kier alpha value is -1.49. The lowest BCUT2D eigenvalue weighted by Gasteiger charge is -2.09. The van der Waals surface area contributed by atoms with Crippen molar-refractivity contribution in [2.45, 2.75) is 0 Å². The second kappa shape index (κ2) is 5.65. The van der Waals surface area contributed by atoms with Crippen LogP contribution in [0.4, 0.5) is 5.69 Å². The van der Waals surface area contributed by atoms with Crippen molar-refractivity contribution in [1.29, 1.82) is 0 Å². The molecule has 19 heavy (non-hydrogen) atoms. The first kappa shape index (κ1) is 13.9. The van der Waals surface area contributed by atoms with Gasteiger partial charge in [-0.05, 0) is 18.2 Å². The van der Waals surface area contributed by atoms with Crippen molar-refractivity contribution in [2.75, 3.05) is 5.32 Å². The number of carbonyl (C=O) groups is 1. The summed E-state index contributed by atoms with van der Waals surface area (Å²) in [5.41, 5.74) is 0.336. The molecule has 0 saturated heterocycles. The van der Waals surface area contributed by atoms with Gasteiger partial charge in [0.05, 0.1) is 21.3 Å². The van der Waals surface area contributed by atoms with Crippen LogP contribution < -0.4 is 5.32 Å². The summed E-state index contributed by atoms with van der Waals surface area (Å²) in [7, 11) is 0. The van der Waals surface area contributed by atoms with E-state index in [0.717, 1.165) is 0 Å². The van der Waals surface area contributed by atoms with E-state index in [0.29, 0.717) is 5.69 Å². The zero-order chi connectivity index (χ0) is 14.0. The number of carbonyl (C=O) groups excluding carboxylic acids is 1. The first-order valence-electron chi connectivity index (χ1n) is 5.08. The predicted octanol–water partition coefficient (Wildman–Crippen LogP) is 4.00.